The van der Waals surface area contributed by atoms with Crippen LogP contribution >= 0.6 is 11.3 Å². The van der Waals surface area contributed by atoms with Crippen molar-refractivity contribution < 1.29 is 14.3 Å². The number of thiophene rings is 1. The zero-order valence-electron chi connectivity index (χ0n) is 14.1. The first kappa shape index (κ1) is 16.1. The Kier molecular flexibility index (Phi) is 4.12. The van der Waals surface area contributed by atoms with Gasteiger partial charge in [0.05, 0.1) is 24.6 Å². The Morgan fingerprint density at radius 2 is 2.00 bits per heavy atom. The second-order valence-corrected chi connectivity index (χ2v) is 8.72. The normalized spacial score (nSPS) is 25.3. The van der Waals surface area contributed by atoms with Gasteiger partial charge < -0.3 is 14.5 Å². The SMILES string of the molecule is Cc1ccc(C(=O)N2CC3(CC(CC(=O)N4CCCC4)CO3)C2)s1. The largest absolute Gasteiger partial charge is 0.371 e. The molecule has 0 N–H and O–H groups in total. The maximum absolute atomic E-state index is 12.4. The zero-order valence-corrected chi connectivity index (χ0v) is 14.9. The molecule has 1 aromatic heterocycles. The second-order valence-electron chi connectivity index (χ2n) is 7.43. The Balaban J connectivity index is 1.28. The average Bonchev–Trinajstić information content (AvgIpc) is 3.25. The van der Waals surface area contributed by atoms with E-state index in [1.54, 1.807) is 11.3 Å². The van der Waals surface area contributed by atoms with E-state index in [2.05, 4.69) is 0 Å². The van der Waals surface area contributed by atoms with Gasteiger partial charge in [0.2, 0.25) is 5.91 Å². The Labute approximate surface area is 146 Å². The molecule has 0 radical (unpaired) electrons. The van der Waals surface area contributed by atoms with Crippen LogP contribution in [-0.2, 0) is 9.53 Å². The van der Waals surface area contributed by atoms with Crippen LogP contribution in [0.15, 0.2) is 12.1 Å². The predicted molar refractivity (Wildman–Crippen MR) is 92.2 cm³/mol. The molecule has 6 heteroatoms. The summed E-state index contributed by atoms with van der Waals surface area (Å²) in [5.74, 6) is 0.692. The smallest absolute Gasteiger partial charge is 0.264 e. The van der Waals surface area contributed by atoms with Crippen molar-refractivity contribution in [3.8, 4) is 0 Å². The molecule has 3 fully saturated rings. The average molecular weight is 348 g/mol. The van der Waals surface area contributed by atoms with E-state index >= 15 is 0 Å². The minimum absolute atomic E-state index is 0.110. The van der Waals surface area contributed by atoms with E-state index in [9.17, 15) is 9.59 Å². The quantitative estimate of drug-likeness (QED) is 0.842. The van der Waals surface area contributed by atoms with Crippen LogP contribution in [0.5, 0.6) is 0 Å². The first-order valence-electron chi connectivity index (χ1n) is 8.82. The molecular formula is C18H24N2O3S. The van der Waals surface area contributed by atoms with Gasteiger partial charge >= 0.3 is 0 Å². The molecule has 2 amide bonds. The van der Waals surface area contributed by atoms with Gasteiger partial charge in [-0.25, -0.2) is 0 Å². The van der Waals surface area contributed by atoms with Crippen molar-refractivity contribution >= 4 is 23.2 Å². The van der Waals surface area contributed by atoms with Gasteiger partial charge in [0.25, 0.3) is 5.91 Å². The second kappa shape index (κ2) is 6.15. The highest BCUT2D eigenvalue weighted by atomic mass is 32.1. The molecule has 3 aliphatic rings. The molecule has 1 atom stereocenters. The molecule has 1 unspecified atom stereocenters. The van der Waals surface area contributed by atoms with Crippen LogP contribution in [0.4, 0.5) is 0 Å². The molecular weight excluding hydrogens is 324 g/mol. The maximum Gasteiger partial charge on any atom is 0.264 e. The molecule has 5 nitrogen and oxygen atoms in total. The van der Waals surface area contributed by atoms with Crippen LogP contribution in [-0.4, -0.2) is 60.0 Å². The van der Waals surface area contributed by atoms with Gasteiger partial charge in [0.1, 0.15) is 5.60 Å². The van der Waals surface area contributed by atoms with E-state index < -0.39 is 0 Å². The Morgan fingerprint density at radius 3 is 2.67 bits per heavy atom. The Morgan fingerprint density at radius 1 is 1.25 bits per heavy atom. The number of carbonyl (C=O) groups excluding carboxylic acids is 2. The molecule has 24 heavy (non-hydrogen) atoms. The van der Waals surface area contributed by atoms with Crippen LogP contribution in [0.3, 0.4) is 0 Å². The third-order valence-electron chi connectivity index (χ3n) is 5.40. The zero-order chi connectivity index (χ0) is 16.7. The molecule has 4 heterocycles. The Bertz CT molecular complexity index is 644. The fraction of sp³-hybridized carbons (Fsp3) is 0.667. The van der Waals surface area contributed by atoms with E-state index in [-0.39, 0.29) is 17.4 Å². The minimum atomic E-state index is -0.197. The molecule has 1 aromatic rings. The summed E-state index contributed by atoms with van der Waals surface area (Å²) in [5, 5.41) is 0. The fourth-order valence-corrected chi connectivity index (χ4v) is 4.97. The number of amides is 2. The number of hydrogen-bond acceptors (Lipinski definition) is 4. The predicted octanol–water partition coefficient (Wildman–Crippen LogP) is 2.30. The van der Waals surface area contributed by atoms with Gasteiger partial charge in [0.15, 0.2) is 0 Å². The molecule has 4 rings (SSSR count). The molecule has 130 valence electrons. The number of rotatable bonds is 3. The summed E-state index contributed by atoms with van der Waals surface area (Å²) in [7, 11) is 0. The lowest BCUT2D eigenvalue weighted by Crippen LogP contribution is -2.63. The van der Waals surface area contributed by atoms with Gasteiger partial charge in [-0.05, 0) is 44.2 Å². The number of likely N-dealkylation sites (tertiary alicyclic amines) is 2. The lowest BCUT2D eigenvalue weighted by molar-refractivity contribution is -0.131. The number of ether oxygens (including phenoxy) is 1. The van der Waals surface area contributed by atoms with Crippen molar-refractivity contribution in [1.82, 2.24) is 9.80 Å². The number of aryl methyl sites for hydroxylation is 1. The summed E-state index contributed by atoms with van der Waals surface area (Å²) in [5.41, 5.74) is -0.197. The third kappa shape index (κ3) is 2.97. The number of hydrogen-bond donors (Lipinski definition) is 0. The van der Waals surface area contributed by atoms with Crippen molar-refractivity contribution in [1.29, 1.82) is 0 Å². The van der Waals surface area contributed by atoms with E-state index in [1.165, 1.54) is 0 Å². The maximum atomic E-state index is 12.4. The van der Waals surface area contributed by atoms with Crippen LogP contribution < -0.4 is 0 Å². The monoisotopic (exact) mass is 348 g/mol. The molecule has 1 spiro atoms. The standard InChI is InChI=1S/C18H24N2O3S/c1-13-4-5-15(24-13)17(22)20-11-18(12-20)9-14(10-23-18)8-16(21)19-6-2-3-7-19/h4-5,14H,2-3,6-12H2,1H3. The number of nitrogens with zero attached hydrogens (tertiary/aromatic N) is 2. The van der Waals surface area contributed by atoms with Gasteiger partial charge in [0, 0.05) is 24.4 Å². The summed E-state index contributed by atoms with van der Waals surface area (Å²) in [4.78, 5) is 30.5. The van der Waals surface area contributed by atoms with Gasteiger partial charge in [-0.1, -0.05) is 0 Å². The van der Waals surface area contributed by atoms with E-state index in [4.69, 9.17) is 4.74 Å². The first-order valence-corrected chi connectivity index (χ1v) is 9.64. The molecule has 3 saturated heterocycles. The summed E-state index contributed by atoms with van der Waals surface area (Å²) in [6, 6.07) is 3.89. The van der Waals surface area contributed by atoms with E-state index in [0.29, 0.717) is 32.0 Å². The highest BCUT2D eigenvalue weighted by Gasteiger charge is 2.51. The van der Waals surface area contributed by atoms with E-state index in [0.717, 1.165) is 42.1 Å². The van der Waals surface area contributed by atoms with Crippen molar-refractivity contribution in [2.24, 2.45) is 5.92 Å². The van der Waals surface area contributed by atoms with Crippen LogP contribution in [0.1, 0.15) is 40.2 Å². The lowest BCUT2D eigenvalue weighted by Gasteiger charge is -2.47. The molecule has 0 aliphatic carbocycles. The fourth-order valence-electron chi connectivity index (χ4n) is 4.13. The van der Waals surface area contributed by atoms with Crippen molar-refractivity contribution in [2.75, 3.05) is 32.8 Å². The third-order valence-corrected chi connectivity index (χ3v) is 6.39. The lowest BCUT2D eigenvalue weighted by atomic mass is 9.85. The van der Waals surface area contributed by atoms with Crippen LogP contribution in [0, 0.1) is 12.8 Å². The van der Waals surface area contributed by atoms with Crippen molar-refractivity contribution in [3.63, 3.8) is 0 Å². The molecule has 0 bridgehead atoms. The summed E-state index contributed by atoms with van der Waals surface area (Å²) >= 11 is 1.55. The van der Waals surface area contributed by atoms with Gasteiger partial charge in [-0.15, -0.1) is 11.3 Å². The van der Waals surface area contributed by atoms with E-state index in [1.807, 2.05) is 28.9 Å². The highest BCUT2D eigenvalue weighted by molar-refractivity contribution is 7.13. The topological polar surface area (TPSA) is 49.9 Å². The van der Waals surface area contributed by atoms with Crippen molar-refractivity contribution in [2.45, 2.75) is 38.2 Å². The molecule has 3 aliphatic heterocycles. The first-order chi connectivity index (χ1) is 11.5. The molecule has 0 saturated carbocycles. The summed E-state index contributed by atoms with van der Waals surface area (Å²) in [6.45, 7) is 5.83. The van der Waals surface area contributed by atoms with Crippen LogP contribution in [0.2, 0.25) is 0 Å². The molecule has 0 aromatic carbocycles. The summed E-state index contributed by atoms with van der Waals surface area (Å²) in [6.07, 6.45) is 3.77. The highest BCUT2D eigenvalue weighted by Crippen LogP contribution is 2.40. The number of carbonyl (C=O) groups is 2. The van der Waals surface area contributed by atoms with Gasteiger partial charge in [-0.3, -0.25) is 9.59 Å². The van der Waals surface area contributed by atoms with Crippen molar-refractivity contribution in [3.05, 3.63) is 21.9 Å². The summed E-state index contributed by atoms with van der Waals surface area (Å²) < 4.78 is 6.01. The Hall–Kier alpha value is -1.40. The van der Waals surface area contributed by atoms with Gasteiger partial charge in [-0.2, -0.15) is 0 Å². The minimum Gasteiger partial charge on any atom is -0.371 e. The van der Waals surface area contributed by atoms with Crippen LogP contribution in [0.25, 0.3) is 0 Å².